The molecule has 0 atom stereocenters. The molecule has 1 aromatic heterocycles. The van der Waals surface area contributed by atoms with Crippen LogP contribution in [0.25, 0.3) is 11.3 Å². The molecule has 0 bridgehead atoms. The Morgan fingerprint density at radius 3 is 2.56 bits per heavy atom. The van der Waals surface area contributed by atoms with Crippen LogP contribution in [0.15, 0.2) is 60.8 Å². The molecule has 0 saturated carbocycles. The van der Waals surface area contributed by atoms with E-state index in [1.807, 2.05) is 0 Å². The van der Waals surface area contributed by atoms with E-state index in [-0.39, 0.29) is 24.2 Å². The van der Waals surface area contributed by atoms with Gasteiger partial charge in [0.05, 0.1) is 5.69 Å². The van der Waals surface area contributed by atoms with Crippen molar-refractivity contribution >= 4 is 17.5 Å². The van der Waals surface area contributed by atoms with Crippen molar-refractivity contribution in [3.05, 3.63) is 72.2 Å². The van der Waals surface area contributed by atoms with Crippen molar-refractivity contribution in [3.63, 3.8) is 0 Å². The molecule has 3 rings (SSSR count). The number of carbonyl (C=O) groups is 2. The van der Waals surface area contributed by atoms with E-state index in [0.717, 1.165) is 5.56 Å². The summed E-state index contributed by atoms with van der Waals surface area (Å²) in [4.78, 5) is 25.8. The highest BCUT2D eigenvalue weighted by molar-refractivity contribution is 5.96. The zero-order chi connectivity index (χ0) is 19.4. The van der Waals surface area contributed by atoms with Crippen LogP contribution in [0, 0.1) is 5.82 Å². The standard InChI is InChI=1S/C20H19FN4O2/c1-24(2)20(27)15-4-3-5-17(12-15)22-19(26)13-25-11-10-18(23-25)14-6-8-16(21)9-7-14/h3-12H,13H2,1-2H3,(H,22,26). The number of hydrogen-bond acceptors (Lipinski definition) is 3. The molecule has 138 valence electrons. The number of nitrogens with one attached hydrogen (secondary N) is 1. The molecule has 2 amide bonds. The van der Waals surface area contributed by atoms with Crippen LogP contribution in [-0.4, -0.2) is 40.6 Å². The first-order valence-electron chi connectivity index (χ1n) is 8.33. The molecule has 2 aromatic carbocycles. The predicted molar refractivity (Wildman–Crippen MR) is 101 cm³/mol. The third-order valence-corrected chi connectivity index (χ3v) is 3.89. The lowest BCUT2D eigenvalue weighted by molar-refractivity contribution is -0.116. The fourth-order valence-electron chi connectivity index (χ4n) is 2.56. The molecule has 1 N–H and O–H groups in total. The van der Waals surface area contributed by atoms with Gasteiger partial charge in [0.15, 0.2) is 0 Å². The molecule has 1 heterocycles. The lowest BCUT2D eigenvalue weighted by atomic mass is 10.1. The van der Waals surface area contributed by atoms with E-state index < -0.39 is 0 Å². The van der Waals surface area contributed by atoms with Crippen LogP contribution in [0.3, 0.4) is 0 Å². The van der Waals surface area contributed by atoms with Gasteiger partial charge in [-0.3, -0.25) is 14.3 Å². The number of anilines is 1. The second-order valence-corrected chi connectivity index (χ2v) is 6.23. The topological polar surface area (TPSA) is 67.2 Å². The van der Waals surface area contributed by atoms with Gasteiger partial charge in [0.1, 0.15) is 12.4 Å². The van der Waals surface area contributed by atoms with Gasteiger partial charge in [-0.15, -0.1) is 0 Å². The van der Waals surface area contributed by atoms with E-state index in [1.165, 1.54) is 21.7 Å². The van der Waals surface area contributed by atoms with Crippen LogP contribution < -0.4 is 5.32 Å². The number of carbonyl (C=O) groups excluding carboxylic acids is 2. The molecule has 0 spiro atoms. The predicted octanol–water partition coefficient (Wildman–Crippen LogP) is 3.03. The number of benzene rings is 2. The highest BCUT2D eigenvalue weighted by atomic mass is 19.1. The maximum Gasteiger partial charge on any atom is 0.253 e. The second-order valence-electron chi connectivity index (χ2n) is 6.23. The first-order chi connectivity index (χ1) is 12.9. The highest BCUT2D eigenvalue weighted by Crippen LogP contribution is 2.17. The maximum atomic E-state index is 13.0. The average Bonchev–Trinajstić information content (AvgIpc) is 3.10. The van der Waals surface area contributed by atoms with Gasteiger partial charge in [0.25, 0.3) is 5.91 Å². The maximum absolute atomic E-state index is 13.0. The quantitative estimate of drug-likeness (QED) is 0.755. The summed E-state index contributed by atoms with van der Waals surface area (Å²) in [5, 5.41) is 7.09. The van der Waals surface area contributed by atoms with Gasteiger partial charge in [-0.1, -0.05) is 6.07 Å². The monoisotopic (exact) mass is 366 g/mol. The molecule has 6 nitrogen and oxygen atoms in total. The van der Waals surface area contributed by atoms with Gasteiger partial charge in [0, 0.05) is 37.1 Å². The van der Waals surface area contributed by atoms with Gasteiger partial charge in [-0.2, -0.15) is 5.10 Å². The van der Waals surface area contributed by atoms with Crippen molar-refractivity contribution < 1.29 is 14.0 Å². The summed E-state index contributed by atoms with van der Waals surface area (Å²) < 4.78 is 14.5. The minimum absolute atomic E-state index is 0.0209. The number of amides is 2. The van der Waals surface area contributed by atoms with Crippen LogP contribution in [0.5, 0.6) is 0 Å². The summed E-state index contributed by atoms with van der Waals surface area (Å²) in [7, 11) is 3.34. The van der Waals surface area contributed by atoms with Crippen molar-refractivity contribution in [1.29, 1.82) is 0 Å². The number of aromatic nitrogens is 2. The van der Waals surface area contributed by atoms with E-state index >= 15 is 0 Å². The Morgan fingerprint density at radius 1 is 1.11 bits per heavy atom. The Balaban J connectivity index is 1.66. The SMILES string of the molecule is CN(C)C(=O)c1cccc(NC(=O)Cn2ccc(-c3ccc(F)cc3)n2)c1. The van der Waals surface area contributed by atoms with E-state index in [4.69, 9.17) is 0 Å². The van der Waals surface area contributed by atoms with Gasteiger partial charge in [0.2, 0.25) is 5.91 Å². The molecule has 0 aliphatic heterocycles. The summed E-state index contributed by atoms with van der Waals surface area (Å²) in [6, 6.07) is 14.5. The molecule has 0 aliphatic carbocycles. The summed E-state index contributed by atoms with van der Waals surface area (Å²) in [5.74, 6) is -0.715. The normalized spacial score (nSPS) is 10.5. The molecule has 7 heteroatoms. The number of rotatable bonds is 5. The fraction of sp³-hybridized carbons (Fsp3) is 0.150. The summed E-state index contributed by atoms with van der Waals surface area (Å²) in [6.07, 6.45) is 1.68. The number of hydrogen-bond donors (Lipinski definition) is 1. The van der Waals surface area contributed by atoms with E-state index in [0.29, 0.717) is 16.9 Å². The third kappa shape index (κ3) is 4.58. The van der Waals surface area contributed by atoms with Crippen LogP contribution in [0.2, 0.25) is 0 Å². The molecular weight excluding hydrogens is 347 g/mol. The summed E-state index contributed by atoms with van der Waals surface area (Å²) in [6.45, 7) is 0.0209. The largest absolute Gasteiger partial charge is 0.345 e. The number of halogens is 1. The lowest BCUT2D eigenvalue weighted by Crippen LogP contribution is -2.22. The average molecular weight is 366 g/mol. The smallest absolute Gasteiger partial charge is 0.253 e. The molecule has 0 fully saturated rings. The van der Waals surface area contributed by atoms with Crippen molar-refractivity contribution in [2.24, 2.45) is 0 Å². The second kappa shape index (κ2) is 7.82. The van der Waals surface area contributed by atoms with Crippen LogP contribution in [0.1, 0.15) is 10.4 Å². The number of nitrogens with zero attached hydrogens (tertiary/aromatic N) is 3. The van der Waals surface area contributed by atoms with Crippen LogP contribution >= 0.6 is 0 Å². The zero-order valence-electron chi connectivity index (χ0n) is 15.0. The van der Waals surface area contributed by atoms with E-state index in [9.17, 15) is 14.0 Å². The van der Waals surface area contributed by atoms with Crippen molar-refractivity contribution in [3.8, 4) is 11.3 Å². The minimum atomic E-state index is -0.312. The van der Waals surface area contributed by atoms with Crippen LogP contribution in [0.4, 0.5) is 10.1 Å². The first kappa shape index (κ1) is 18.3. The van der Waals surface area contributed by atoms with Gasteiger partial charge < -0.3 is 10.2 Å². The highest BCUT2D eigenvalue weighted by Gasteiger charge is 2.11. The van der Waals surface area contributed by atoms with Crippen molar-refractivity contribution in [2.75, 3.05) is 19.4 Å². The Hall–Kier alpha value is -3.48. The Morgan fingerprint density at radius 2 is 1.85 bits per heavy atom. The van der Waals surface area contributed by atoms with Crippen LogP contribution in [-0.2, 0) is 11.3 Å². The fourth-order valence-corrected chi connectivity index (χ4v) is 2.56. The summed E-state index contributed by atoms with van der Waals surface area (Å²) in [5.41, 5.74) is 2.46. The third-order valence-electron chi connectivity index (χ3n) is 3.89. The lowest BCUT2D eigenvalue weighted by Gasteiger charge is -2.11. The molecule has 0 unspecified atom stereocenters. The molecule has 3 aromatic rings. The summed E-state index contributed by atoms with van der Waals surface area (Å²) >= 11 is 0. The van der Waals surface area contributed by atoms with Crippen molar-refractivity contribution in [1.82, 2.24) is 14.7 Å². The van der Waals surface area contributed by atoms with E-state index in [1.54, 1.807) is 62.8 Å². The van der Waals surface area contributed by atoms with Crippen molar-refractivity contribution in [2.45, 2.75) is 6.54 Å². The van der Waals surface area contributed by atoms with Gasteiger partial charge >= 0.3 is 0 Å². The molecule has 0 aliphatic rings. The molecule has 27 heavy (non-hydrogen) atoms. The molecule has 0 saturated heterocycles. The molecule has 0 radical (unpaired) electrons. The Labute approximate surface area is 156 Å². The van der Waals surface area contributed by atoms with Gasteiger partial charge in [-0.25, -0.2) is 4.39 Å². The zero-order valence-corrected chi connectivity index (χ0v) is 15.0. The minimum Gasteiger partial charge on any atom is -0.345 e. The van der Waals surface area contributed by atoms with Gasteiger partial charge in [-0.05, 0) is 48.5 Å². The van der Waals surface area contributed by atoms with E-state index in [2.05, 4.69) is 10.4 Å². The molecular formula is C20H19FN4O2. The Kier molecular flexibility index (Phi) is 5.30. The first-order valence-corrected chi connectivity index (χ1v) is 8.33. The Bertz CT molecular complexity index is 964.